The fraction of sp³-hybridized carbons (Fsp3) is 0.318. The van der Waals surface area contributed by atoms with E-state index < -0.39 is 0 Å². The summed E-state index contributed by atoms with van der Waals surface area (Å²) in [7, 11) is 0. The zero-order valence-electron chi connectivity index (χ0n) is 17.0. The second kappa shape index (κ2) is 11.5. The zero-order chi connectivity index (χ0) is 19.8. The van der Waals surface area contributed by atoms with Crippen LogP contribution < -0.4 is 10.6 Å². The first-order valence-corrected chi connectivity index (χ1v) is 9.72. The van der Waals surface area contributed by atoms with Crippen LogP contribution in [0.2, 0.25) is 0 Å². The Kier molecular flexibility index (Phi) is 9.11. The molecule has 7 heteroatoms. The van der Waals surface area contributed by atoms with Crippen molar-refractivity contribution in [2.75, 3.05) is 13.1 Å². The highest BCUT2D eigenvalue weighted by atomic mass is 127. The van der Waals surface area contributed by atoms with Gasteiger partial charge in [0.1, 0.15) is 12.2 Å². The van der Waals surface area contributed by atoms with E-state index in [-0.39, 0.29) is 30.0 Å². The molecule has 1 unspecified atom stereocenters. The quantitative estimate of drug-likeness (QED) is 0.210. The lowest BCUT2D eigenvalue weighted by molar-refractivity contribution is 0.651. The molecule has 3 aromatic rings. The molecule has 154 valence electrons. The van der Waals surface area contributed by atoms with E-state index in [1.807, 2.05) is 10.6 Å². The van der Waals surface area contributed by atoms with Crippen LogP contribution in [0.25, 0.3) is 10.8 Å². The molecule has 0 saturated heterocycles. The van der Waals surface area contributed by atoms with Crippen LogP contribution >= 0.6 is 24.0 Å². The SMILES string of the molecule is C=CCNC(=NCCn1cnnc1CC)NC(C)c1ccc2ccccc2c1.I. The Morgan fingerprint density at radius 1 is 1.24 bits per heavy atom. The van der Waals surface area contributed by atoms with Crippen molar-refractivity contribution in [2.45, 2.75) is 32.9 Å². The fourth-order valence-electron chi connectivity index (χ4n) is 3.10. The maximum atomic E-state index is 4.71. The summed E-state index contributed by atoms with van der Waals surface area (Å²) >= 11 is 0. The van der Waals surface area contributed by atoms with Crippen LogP contribution in [0.1, 0.15) is 31.3 Å². The third-order valence-corrected chi connectivity index (χ3v) is 4.66. The van der Waals surface area contributed by atoms with Gasteiger partial charge < -0.3 is 15.2 Å². The third-order valence-electron chi connectivity index (χ3n) is 4.66. The number of nitrogens with zero attached hydrogens (tertiary/aromatic N) is 4. The van der Waals surface area contributed by atoms with Gasteiger partial charge in [0.05, 0.1) is 12.6 Å². The maximum absolute atomic E-state index is 4.71. The van der Waals surface area contributed by atoms with Crippen LogP contribution in [0.15, 0.2) is 66.4 Å². The van der Waals surface area contributed by atoms with Crippen LogP contribution in [0, 0.1) is 0 Å². The van der Waals surface area contributed by atoms with Crippen LogP contribution in [-0.4, -0.2) is 33.8 Å². The molecule has 6 nitrogen and oxygen atoms in total. The number of hydrogen-bond acceptors (Lipinski definition) is 3. The van der Waals surface area contributed by atoms with E-state index in [1.54, 1.807) is 6.33 Å². The molecule has 0 fully saturated rings. The Labute approximate surface area is 189 Å². The highest BCUT2D eigenvalue weighted by Gasteiger charge is 2.09. The number of aryl methyl sites for hydroxylation is 1. The number of aliphatic imine (C=N–C) groups is 1. The molecule has 1 aromatic heterocycles. The molecule has 29 heavy (non-hydrogen) atoms. The Morgan fingerprint density at radius 3 is 2.79 bits per heavy atom. The minimum Gasteiger partial charge on any atom is -0.353 e. The van der Waals surface area contributed by atoms with Gasteiger partial charge in [-0.25, -0.2) is 0 Å². The lowest BCUT2D eigenvalue weighted by atomic mass is 10.0. The standard InChI is InChI=1S/C22H28N6.HI/c1-4-12-23-22(24-13-14-28-16-25-27-21(28)5-2)26-17(3)19-11-10-18-8-6-7-9-20(18)15-19;/h4,6-11,15-17H,1,5,12-14H2,2-3H3,(H2,23,24,26);1H. The predicted molar refractivity (Wildman–Crippen MR) is 131 cm³/mol. The molecule has 3 rings (SSSR count). The minimum absolute atomic E-state index is 0. The van der Waals surface area contributed by atoms with E-state index in [0.717, 1.165) is 24.7 Å². The van der Waals surface area contributed by atoms with Crippen molar-refractivity contribution in [1.82, 2.24) is 25.4 Å². The number of nitrogens with one attached hydrogen (secondary N) is 2. The summed E-state index contributed by atoms with van der Waals surface area (Å²) in [4.78, 5) is 4.71. The maximum Gasteiger partial charge on any atom is 0.192 e. The Hall–Kier alpha value is -2.42. The normalized spacial score (nSPS) is 12.3. The molecule has 0 aliphatic carbocycles. The van der Waals surface area contributed by atoms with Gasteiger partial charge in [0.25, 0.3) is 0 Å². The largest absolute Gasteiger partial charge is 0.353 e. The molecule has 2 N–H and O–H groups in total. The van der Waals surface area contributed by atoms with Gasteiger partial charge in [-0.2, -0.15) is 0 Å². The second-order valence-electron chi connectivity index (χ2n) is 6.67. The summed E-state index contributed by atoms with van der Waals surface area (Å²) < 4.78 is 2.04. The van der Waals surface area contributed by atoms with Gasteiger partial charge in [0, 0.05) is 19.5 Å². The van der Waals surface area contributed by atoms with E-state index in [4.69, 9.17) is 4.99 Å². The van der Waals surface area contributed by atoms with Crippen molar-refractivity contribution < 1.29 is 0 Å². The van der Waals surface area contributed by atoms with Crippen molar-refractivity contribution in [3.8, 4) is 0 Å². The van der Waals surface area contributed by atoms with E-state index in [2.05, 4.69) is 83.7 Å². The molecule has 2 aromatic carbocycles. The summed E-state index contributed by atoms with van der Waals surface area (Å²) in [6, 6.07) is 15.1. The smallest absolute Gasteiger partial charge is 0.192 e. The van der Waals surface area contributed by atoms with Crippen molar-refractivity contribution in [3.05, 3.63) is 72.8 Å². The Bertz CT molecular complexity index is 949. The molecule has 0 aliphatic rings. The van der Waals surface area contributed by atoms with Gasteiger partial charge in [-0.3, -0.25) is 4.99 Å². The number of hydrogen-bond donors (Lipinski definition) is 2. The number of rotatable bonds is 8. The number of guanidine groups is 1. The molecule has 1 heterocycles. The van der Waals surface area contributed by atoms with E-state index in [0.29, 0.717) is 13.1 Å². The molecule has 1 atom stereocenters. The summed E-state index contributed by atoms with van der Waals surface area (Å²) in [5, 5.41) is 17.4. The lowest BCUT2D eigenvalue weighted by Crippen LogP contribution is -2.39. The van der Waals surface area contributed by atoms with E-state index in [1.165, 1.54) is 16.3 Å². The molecule has 0 aliphatic heterocycles. The first-order chi connectivity index (χ1) is 13.7. The Balaban J connectivity index is 0.00000300. The van der Waals surface area contributed by atoms with Gasteiger partial charge in [-0.05, 0) is 29.3 Å². The highest BCUT2D eigenvalue weighted by molar-refractivity contribution is 14.0. The van der Waals surface area contributed by atoms with E-state index >= 15 is 0 Å². The van der Waals surface area contributed by atoms with Gasteiger partial charge in [-0.15, -0.1) is 40.8 Å². The van der Waals surface area contributed by atoms with Gasteiger partial charge in [0.15, 0.2) is 5.96 Å². The van der Waals surface area contributed by atoms with Crippen molar-refractivity contribution >= 4 is 40.7 Å². The number of halogens is 1. The zero-order valence-corrected chi connectivity index (χ0v) is 19.3. The topological polar surface area (TPSA) is 67.1 Å². The summed E-state index contributed by atoms with van der Waals surface area (Å²) in [5.41, 5.74) is 1.22. The second-order valence-corrected chi connectivity index (χ2v) is 6.67. The van der Waals surface area contributed by atoms with Gasteiger partial charge >= 0.3 is 0 Å². The summed E-state index contributed by atoms with van der Waals surface area (Å²) in [5.74, 6) is 1.75. The number of fused-ring (bicyclic) bond motifs is 1. The van der Waals surface area contributed by atoms with Crippen molar-refractivity contribution in [1.29, 1.82) is 0 Å². The first-order valence-electron chi connectivity index (χ1n) is 9.72. The monoisotopic (exact) mass is 504 g/mol. The fourth-order valence-corrected chi connectivity index (χ4v) is 3.10. The molecule has 0 radical (unpaired) electrons. The average Bonchev–Trinajstić information content (AvgIpc) is 3.19. The molecular formula is C22H29IN6. The summed E-state index contributed by atoms with van der Waals surface area (Å²) in [6.45, 7) is 10.1. The molecule has 0 saturated carbocycles. The lowest BCUT2D eigenvalue weighted by Gasteiger charge is -2.19. The Morgan fingerprint density at radius 2 is 2.03 bits per heavy atom. The first kappa shape index (κ1) is 22.9. The van der Waals surface area contributed by atoms with E-state index in [9.17, 15) is 0 Å². The summed E-state index contributed by atoms with van der Waals surface area (Å²) in [6.07, 6.45) is 4.45. The van der Waals surface area contributed by atoms with Crippen LogP contribution in [0.3, 0.4) is 0 Å². The molecular weight excluding hydrogens is 475 g/mol. The van der Waals surface area contributed by atoms with Gasteiger partial charge in [0.2, 0.25) is 0 Å². The van der Waals surface area contributed by atoms with Gasteiger partial charge in [-0.1, -0.05) is 49.4 Å². The van der Waals surface area contributed by atoms with Crippen molar-refractivity contribution in [2.24, 2.45) is 4.99 Å². The molecule has 0 spiro atoms. The number of benzene rings is 2. The predicted octanol–water partition coefficient (Wildman–Crippen LogP) is 4.09. The van der Waals surface area contributed by atoms with Crippen LogP contribution in [-0.2, 0) is 13.0 Å². The third kappa shape index (κ3) is 6.28. The molecule has 0 bridgehead atoms. The highest BCUT2D eigenvalue weighted by Crippen LogP contribution is 2.20. The number of aromatic nitrogens is 3. The average molecular weight is 504 g/mol. The van der Waals surface area contributed by atoms with Crippen molar-refractivity contribution in [3.63, 3.8) is 0 Å². The van der Waals surface area contributed by atoms with Crippen LogP contribution in [0.5, 0.6) is 0 Å². The van der Waals surface area contributed by atoms with Crippen LogP contribution in [0.4, 0.5) is 0 Å². The molecule has 0 amide bonds. The minimum atomic E-state index is 0.